The van der Waals surface area contributed by atoms with E-state index in [2.05, 4.69) is 20.3 Å². The lowest BCUT2D eigenvalue weighted by Gasteiger charge is -2.06. The van der Waals surface area contributed by atoms with Gasteiger partial charge in [0, 0.05) is 18.1 Å². The Labute approximate surface area is 87.8 Å². The Bertz CT molecular complexity index is 473. The number of nitrogens with zero attached hydrogens (tertiary/aromatic N) is 3. The third-order valence-corrected chi connectivity index (χ3v) is 2.69. The quantitative estimate of drug-likeness (QED) is 0.821. The molecule has 2 aromatic heterocycles. The topological polar surface area (TPSA) is 50.7 Å². The fourth-order valence-electron chi connectivity index (χ4n) is 1.61. The molecule has 0 bridgehead atoms. The lowest BCUT2D eigenvalue weighted by molar-refractivity contribution is 0.883. The molecule has 2 aromatic rings. The molecule has 0 atom stereocenters. The Kier molecular flexibility index (Phi) is 1.98. The number of fused-ring (bicyclic) bond motifs is 1. The second kappa shape index (κ2) is 3.46. The molecular formula is C11H12N4. The van der Waals surface area contributed by atoms with Gasteiger partial charge in [0.05, 0.1) is 11.7 Å². The van der Waals surface area contributed by atoms with Crippen LogP contribution in [-0.4, -0.2) is 21.5 Å². The highest BCUT2D eigenvalue weighted by Crippen LogP contribution is 2.29. The third kappa shape index (κ3) is 1.75. The maximum Gasteiger partial charge on any atom is 0.137 e. The van der Waals surface area contributed by atoms with Gasteiger partial charge in [0.2, 0.25) is 0 Å². The minimum Gasteiger partial charge on any atom is -0.369 e. The van der Waals surface area contributed by atoms with Crippen LogP contribution in [0.25, 0.3) is 10.9 Å². The molecular weight excluding hydrogens is 188 g/mol. The van der Waals surface area contributed by atoms with Gasteiger partial charge >= 0.3 is 0 Å². The summed E-state index contributed by atoms with van der Waals surface area (Å²) in [7, 11) is 0. The molecule has 0 saturated heterocycles. The fourth-order valence-corrected chi connectivity index (χ4v) is 1.61. The number of hydrogen-bond acceptors (Lipinski definition) is 4. The van der Waals surface area contributed by atoms with Crippen molar-refractivity contribution >= 4 is 16.7 Å². The highest BCUT2D eigenvalue weighted by atomic mass is 15.0. The summed E-state index contributed by atoms with van der Waals surface area (Å²) in [5.74, 6) is 1.77. The van der Waals surface area contributed by atoms with Crippen molar-refractivity contribution in [2.75, 3.05) is 11.9 Å². The standard InChI is InChI=1S/C11H12N4/c1-2-8(1)5-13-11-9-3-4-12-6-10(9)14-7-15-11/h3-4,6-8H,1-2,5H2,(H,13,14,15). The summed E-state index contributed by atoms with van der Waals surface area (Å²) in [4.78, 5) is 12.5. The molecule has 0 spiro atoms. The van der Waals surface area contributed by atoms with Gasteiger partial charge in [-0.05, 0) is 24.8 Å². The summed E-state index contributed by atoms with van der Waals surface area (Å²) in [5, 5.41) is 4.42. The average Bonchev–Trinajstić information content (AvgIpc) is 3.10. The third-order valence-electron chi connectivity index (χ3n) is 2.69. The summed E-state index contributed by atoms with van der Waals surface area (Å²) in [6.07, 6.45) is 7.81. The van der Waals surface area contributed by atoms with Crippen LogP contribution in [0.1, 0.15) is 12.8 Å². The Hall–Kier alpha value is -1.71. The van der Waals surface area contributed by atoms with E-state index in [1.165, 1.54) is 12.8 Å². The molecule has 4 nitrogen and oxygen atoms in total. The lowest BCUT2D eigenvalue weighted by Crippen LogP contribution is -2.05. The van der Waals surface area contributed by atoms with Crippen LogP contribution in [0, 0.1) is 5.92 Å². The van der Waals surface area contributed by atoms with E-state index in [-0.39, 0.29) is 0 Å². The summed E-state index contributed by atoms with van der Waals surface area (Å²) in [6.45, 7) is 1.02. The predicted molar refractivity (Wildman–Crippen MR) is 58.5 cm³/mol. The van der Waals surface area contributed by atoms with Gasteiger partial charge in [-0.15, -0.1) is 0 Å². The number of aromatic nitrogens is 3. The SMILES string of the molecule is c1cc2c(NCC3CC3)ncnc2cn1. The smallest absolute Gasteiger partial charge is 0.137 e. The first-order valence-corrected chi connectivity index (χ1v) is 5.22. The van der Waals surface area contributed by atoms with E-state index in [9.17, 15) is 0 Å². The molecule has 0 unspecified atom stereocenters. The molecule has 0 aromatic carbocycles. The molecule has 1 fully saturated rings. The molecule has 0 amide bonds. The van der Waals surface area contributed by atoms with Gasteiger partial charge in [0.15, 0.2) is 0 Å². The molecule has 0 aliphatic heterocycles. The van der Waals surface area contributed by atoms with E-state index in [4.69, 9.17) is 0 Å². The second-order valence-corrected chi connectivity index (χ2v) is 3.94. The van der Waals surface area contributed by atoms with Crippen LogP contribution < -0.4 is 5.32 Å². The average molecular weight is 200 g/mol. The van der Waals surface area contributed by atoms with Crippen LogP contribution in [0.2, 0.25) is 0 Å². The number of nitrogens with one attached hydrogen (secondary N) is 1. The zero-order valence-electron chi connectivity index (χ0n) is 8.35. The molecule has 0 radical (unpaired) electrons. The van der Waals surface area contributed by atoms with E-state index < -0.39 is 0 Å². The number of rotatable bonds is 3. The summed E-state index contributed by atoms with van der Waals surface area (Å²) in [6, 6.07) is 1.95. The van der Waals surface area contributed by atoms with Gasteiger partial charge in [0.25, 0.3) is 0 Å². The molecule has 4 heteroatoms. The molecule has 1 aliphatic rings. The molecule has 76 valence electrons. The highest BCUT2D eigenvalue weighted by molar-refractivity contribution is 5.87. The van der Waals surface area contributed by atoms with Gasteiger partial charge in [0.1, 0.15) is 12.1 Å². The Morgan fingerprint density at radius 1 is 1.33 bits per heavy atom. The zero-order chi connectivity index (χ0) is 10.1. The van der Waals surface area contributed by atoms with E-state index in [0.29, 0.717) is 0 Å². The Morgan fingerprint density at radius 3 is 3.13 bits per heavy atom. The molecule has 1 saturated carbocycles. The summed E-state index contributed by atoms with van der Waals surface area (Å²) in [5.41, 5.74) is 0.894. The van der Waals surface area contributed by atoms with Crippen molar-refractivity contribution in [3.63, 3.8) is 0 Å². The van der Waals surface area contributed by atoms with Crippen molar-refractivity contribution in [2.24, 2.45) is 5.92 Å². The van der Waals surface area contributed by atoms with Crippen molar-refractivity contribution in [3.05, 3.63) is 24.8 Å². The Balaban J connectivity index is 1.93. The minimum absolute atomic E-state index is 0.844. The first-order chi connectivity index (χ1) is 7.43. The van der Waals surface area contributed by atoms with Gasteiger partial charge in [-0.25, -0.2) is 9.97 Å². The number of pyridine rings is 1. The van der Waals surface area contributed by atoms with Crippen LogP contribution >= 0.6 is 0 Å². The molecule has 1 N–H and O–H groups in total. The van der Waals surface area contributed by atoms with E-state index in [1.54, 1.807) is 18.7 Å². The Morgan fingerprint density at radius 2 is 2.27 bits per heavy atom. The lowest BCUT2D eigenvalue weighted by atomic mass is 10.3. The number of anilines is 1. The molecule has 2 heterocycles. The second-order valence-electron chi connectivity index (χ2n) is 3.94. The fraction of sp³-hybridized carbons (Fsp3) is 0.364. The van der Waals surface area contributed by atoms with Gasteiger partial charge in [-0.2, -0.15) is 0 Å². The van der Waals surface area contributed by atoms with Crippen molar-refractivity contribution in [3.8, 4) is 0 Å². The van der Waals surface area contributed by atoms with Crippen LogP contribution in [0.4, 0.5) is 5.82 Å². The van der Waals surface area contributed by atoms with Gasteiger partial charge in [-0.1, -0.05) is 0 Å². The van der Waals surface area contributed by atoms with Crippen LogP contribution in [0.15, 0.2) is 24.8 Å². The monoisotopic (exact) mass is 200 g/mol. The largest absolute Gasteiger partial charge is 0.369 e. The van der Waals surface area contributed by atoms with Gasteiger partial charge in [-0.3, -0.25) is 4.98 Å². The molecule has 1 aliphatic carbocycles. The molecule has 3 rings (SSSR count). The van der Waals surface area contributed by atoms with E-state index in [0.717, 1.165) is 29.2 Å². The first-order valence-electron chi connectivity index (χ1n) is 5.22. The highest BCUT2D eigenvalue weighted by Gasteiger charge is 2.21. The minimum atomic E-state index is 0.844. The zero-order valence-corrected chi connectivity index (χ0v) is 8.35. The van der Waals surface area contributed by atoms with Gasteiger partial charge < -0.3 is 5.32 Å². The van der Waals surface area contributed by atoms with Crippen LogP contribution in [-0.2, 0) is 0 Å². The first kappa shape index (κ1) is 8.59. The van der Waals surface area contributed by atoms with Crippen LogP contribution in [0.5, 0.6) is 0 Å². The van der Waals surface area contributed by atoms with Crippen molar-refractivity contribution in [1.29, 1.82) is 0 Å². The predicted octanol–water partition coefficient (Wildman–Crippen LogP) is 1.85. The molecule has 15 heavy (non-hydrogen) atoms. The van der Waals surface area contributed by atoms with Crippen molar-refractivity contribution < 1.29 is 0 Å². The summed E-state index contributed by atoms with van der Waals surface area (Å²) >= 11 is 0. The van der Waals surface area contributed by atoms with Crippen LogP contribution in [0.3, 0.4) is 0 Å². The van der Waals surface area contributed by atoms with Crippen molar-refractivity contribution in [1.82, 2.24) is 15.0 Å². The maximum absolute atomic E-state index is 4.26. The summed E-state index contributed by atoms with van der Waals surface area (Å²) < 4.78 is 0. The maximum atomic E-state index is 4.26. The number of hydrogen-bond donors (Lipinski definition) is 1. The van der Waals surface area contributed by atoms with Crippen molar-refractivity contribution in [2.45, 2.75) is 12.8 Å². The normalized spacial score (nSPS) is 15.5. The van der Waals surface area contributed by atoms with E-state index >= 15 is 0 Å². The van der Waals surface area contributed by atoms with E-state index in [1.807, 2.05) is 6.07 Å².